The Morgan fingerprint density at radius 2 is 1.89 bits per heavy atom. The number of rotatable bonds is 17. The number of unbranched alkanes of at least 4 members (excludes halogenated alkanes) is 3. The zero-order valence-corrected chi connectivity index (χ0v) is 26.3. The average molecular weight is 529 g/mol. The van der Waals surface area contributed by atoms with E-state index in [0.29, 0.717) is 5.92 Å². The summed E-state index contributed by atoms with van der Waals surface area (Å²) in [6, 6.07) is 0. The van der Waals surface area contributed by atoms with E-state index in [2.05, 4.69) is 52.8 Å². The van der Waals surface area contributed by atoms with Gasteiger partial charge in [-0.15, -0.1) is 0 Å². The van der Waals surface area contributed by atoms with Crippen LogP contribution >= 0.6 is 0 Å². The van der Waals surface area contributed by atoms with Crippen molar-refractivity contribution in [2.45, 2.75) is 169 Å². The summed E-state index contributed by atoms with van der Waals surface area (Å²) in [6.07, 6.45) is 23.1. The van der Waals surface area contributed by atoms with Gasteiger partial charge in [0.05, 0.1) is 16.8 Å². The third kappa shape index (κ3) is 9.77. The summed E-state index contributed by atoms with van der Waals surface area (Å²) >= 11 is 0. The number of fused-ring (bicyclic) bond motifs is 1. The molecule has 0 aromatic rings. The second-order valence-electron chi connectivity index (χ2n) is 13.4. The van der Waals surface area contributed by atoms with Crippen molar-refractivity contribution in [1.29, 1.82) is 0 Å². The van der Waals surface area contributed by atoms with Crippen LogP contribution in [0, 0.1) is 11.8 Å². The summed E-state index contributed by atoms with van der Waals surface area (Å²) in [5.74, 6) is 0.794. The Morgan fingerprint density at radius 3 is 2.58 bits per heavy atom. The van der Waals surface area contributed by atoms with Gasteiger partial charge in [-0.3, -0.25) is 4.79 Å². The molecule has 5 atom stereocenters. The maximum Gasteiger partial charge on any atom is 0.132 e. The molecule has 218 valence electrons. The predicted octanol–water partition coefficient (Wildman–Crippen LogP) is 9.83. The van der Waals surface area contributed by atoms with E-state index < -0.39 is 5.60 Å². The van der Waals surface area contributed by atoms with Gasteiger partial charge < -0.3 is 9.84 Å². The number of aliphatic hydroxyl groups is 1. The summed E-state index contributed by atoms with van der Waals surface area (Å²) in [5.41, 5.74) is 3.58. The highest BCUT2D eigenvalue weighted by atomic mass is 16.5. The molecule has 0 bridgehead atoms. The number of ether oxygens (including phenoxy) is 1. The van der Waals surface area contributed by atoms with E-state index in [4.69, 9.17) is 4.74 Å². The molecular formula is C35H60O3. The maximum atomic E-state index is 11.4. The first-order valence-electron chi connectivity index (χ1n) is 15.8. The van der Waals surface area contributed by atoms with Crippen LogP contribution in [-0.4, -0.2) is 27.7 Å². The Morgan fingerprint density at radius 1 is 1.16 bits per heavy atom. The Labute approximate surface area is 235 Å². The minimum Gasteiger partial charge on any atom is -0.390 e. The molecule has 1 saturated heterocycles. The van der Waals surface area contributed by atoms with E-state index >= 15 is 0 Å². The quantitative estimate of drug-likeness (QED) is 0.151. The number of ketones is 1. The minimum absolute atomic E-state index is 0.0606. The molecule has 1 aliphatic heterocycles. The van der Waals surface area contributed by atoms with Crippen molar-refractivity contribution < 1.29 is 14.6 Å². The van der Waals surface area contributed by atoms with Gasteiger partial charge in [0.25, 0.3) is 0 Å². The molecule has 0 aromatic carbocycles. The van der Waals surface area contributed by atoms with Crippen molar-refractivity contribution in [3.63, 3.8) is 0 Å². The van der Waals surface area contributed by atoms with E-state index in [0.717, 1.165) is 70.6 Å². The summed E-state index contributed by atoms with van der Waals surface area (Å²) in [7, 11) is 0. The van der Waals surface area contributed by atoms with Gasteiger partial charge in [-0.25, -0.2) is 0 Å². The summed E-state index contributed by atoms with van der Waals surface area (Å²) in [6.45, 7) is 17.1. The molecule has 0 amide bonds. The van der Waals surface area contributed by atoms with Gasteiger partial charge in [-0.05, 0) is 111 Å². The van der Waals surface area contributed by atoms with Crippen molar-refractivity contribution in [2.75, 3.05) is 0 Å². The smallest absolute Gasteiger partial charge is 0.132 e. The molecule has 3 nitrogen and oxygen atoms in total. The monoisotopic (exact) mass is 528 g/mol. The number of hydrogen-bond acceptors (Lipinski definition) is 3. The maximum absolute atomic E-state index is 11.4. The van der Waals surface area contributed by atoms with Crippen molar-refractivity contribution in [3.8, 4) is 0 Å². The Kier molecular flexibility index (Phi) is 13.0. The topological polar surface area (TPSA) is 46.5 Å². The number of allylic oxidation sites excluding steroid dienone is 4. The minimum atomic E-state index is -0.656. The van der Waals surface area contributed by atoms with Crippen LogP contribution in [0.5, 0.6) is 0 Å². The molecule has 1 heterocycles. The molecule has 5 unspecified atom stereocenters. The molecule has 2 rings (SSSR count). The van der Waals surface area contributed by atoms with Crippen molar-refractivity contribution in [3.05, 3.63) is 34.9 Å². The molecule has 38 heavy (non-hydrogen) atoms. The second-order valence-corrected chi connectivity index (χ2v) is 13.4. The SMILES string of the molecule is CCCCCCC12OC(C)(CCC/C(C)=C/CCC(C)(O)CCCC(C)C(C)=O)CCC1=CC=C(C)C2C. The van der Waals surface area contributed by atoms with Gasteiger partial charge in [-0.2, -0.15) is 0 Å². The Balaban J connectivity index is 1.86. The van der Waals surface area contributed by atoms with E-state index in [1.807, 2.05) is 13.8 Å². The summed E-state index contributed by atoms with van der Waals surface area (Å²) in [4.78, 5) is 11.4. The lowest BCUT2D eigenvalue weighted by molar-refractivity contribution is -0.178. The van der Waals surface area contributed by atoms with E-state index in [9.17, 15) is 9.90 Å². The van der Waals surface area contributed by atoms with Gasteiger partial charge in [0.2, 0.25) is 0 Å². The number of carbonyl (C=O) groups is 1. The van der Waals surface area contributed by atoms with Crippen LogP contribution in [0.2, 0.25) is 0 Å². The molecule has 1 N–H and O–H groups in total. The lowest BCUT2D eigenvalue weighted by Crippen LogP contribution is -2.53. The van der Waals surface area contributed by atoms with Crippen LogP contribution in [0.15, 0.2) is 34.9 Å². The normalized spacial score (nSPS) is 28.2. The summed E-state index contributed by atoms with van der Waals surface area (Å²) < 4.78 is 7.22. The third-order valence-corrected chi connectivity index (χ3v) is 9.73. The first-order chi connectivity index (χ1) is 17.8. The van der Waals surface area contributed by atoms with E-state index in [-0.39, 0.29) is 22.9 Å². The predicted molar refractivity (Wildman–Crippen MR) is 162 cm³/mol. The fourth-order valence-corrected chi connectivity index (χ4v) is 6.51. The Bertz CT molecular complexity index is 847. The highest BCUT2D eigenvalue weighted by Crippen LogP contribution is 2.51. The van der Waals surface area contributed by atoms with E-state index in [1.54, 1.807) is 6.92 Å². The van der Waals surface area contributed by atoms with Crippen molar-refractivity contribution in [2.24, 2.45) is 11.8 Å². The number of hydrogen-bond donors (Lipinski definition) is 1. The van der Waals surface area contributed by atoms with Gasteiger partial charge in [0.15, 0.2) is 0 Å². The molecule has 1 fully saturated rings. The van der Waals surface area contributed by atoms with Crippen LogP contribution in [0.4, 0.5) is 0 Å². The first kappa shape index (κ1) is 33.0. The fourth-order valence-electron chi connectivity index (χ4n) is 6.51. The first-order valence-corrected chi connectivity index (χ1v) is 15.8. The highest BCUT2D eigenvalue weighted by Gasteiger charge is 2.50. The zero-order chi connectivity index (χ0) is 28.4. The lowest BCUT2D eigenvalue weighted by atomic mass is 9.67. The van der Waals surface area contributed by atoms with Crippen LogP contribution in [-0.2, 0) is 9.53 Å². The lowest BCUT2D eigenvalue weighted by Gasteiger charge is -2.53. The van der Waals surface area contributed by atoms with Crippen molar-refractivity contribution in [1.82, 2.24) is 0 Å². The largest absolute Gasteiger partial charge is 0.390 e. The molecule has 3 heteroatoms. The standard InChI is InChI=1S/C35H60O3/c1-9-10-11-12-25-35-30(5)28(3)19-20-32(35)21-26-34(8,38-35)24-14-17-27(2)16-13-22-33(7,37)23-15-18-29(4)31(6)36/h16,19-20,29-30,37H,9-15,17-18,21-26H2,1-8H3/b27-16+. The van der Waals surface area contributed by atoms with Crippen LogP contribution in [0.25, 0.3) is 0 Å². The molecule has 0 aromatic heterocycles. The van der Waals surface area contributed by atoms with Crippen LogP contribution < -0.4 is 0 Å². The summed E-state index contributed by atoms with van der Waals surface area (Å²) in [5, 5.41) is 10.8. The molecule has 0 saturated carbocycles. The molecule has 0 spiro atoms. The molecule has 0 radical (unpaired) electrons. The molecule has 1 aliphatic carbocycles. The van der Waals surface area contributed by atoms with Crippen LogP contribution in [0.3, 0.4) is 0 Å². The van der Waals surface area contributed by atoms with Gasteiger partial charge in [-0.1, -0.05) is 75.8 Å². The van der Waals surface area contributed by atoms with Gasteiger partial charge >= 0.3 is 0 Å². The molecule has 2 aliphatic rings. The average Bonchev–Trinajstić information content (AvgIpc) is 2.84. The van der Waals surface area contributed by atoms with Gasteiger partial charge in [0.1, 0.15) is 5.78 Å². The van der Waals surface area contributed by atoms with Crippen molar-refractivity contribution >= 4 is 5.78 Å². The zero-order valence-electron chi connectivity index (χ0n) is 26.3. The van der Waals surface area contributed by atoms with Gasteiger partial charge in [0, 0.05) is 11.8 Å². The number of Topliss-reactive ketones (excluding diaryl/α,β-unsaturated/α-hetero) is 1. The van der Waals surface area contributed by atoms with E-state index in [1.165, 1.54) is 42.4 Å². The third-order valence-electron chi connectivity index (χ3n) is 9.73. The Hall–Kier alpha value is -1.19. The van der Waals surface area contributed by atoms with Crippen LogP contribution in [0.1, 0.15) is 152 Å². The fraction of sp³-hybridized carbons (Fsp3) is 0.800. The second kappa shape index (κ2) is 15.0. The highest BCUT2D eigenvalue weighted by molar-refractivity contribution is 5.77. The molecular weight excluding hydrogens is 468 g/mol. The number of carbonyl (C=O) groups excluding carboxylic acids is 1.